The first kappa shape index (κ1) is 36.5. The Morgan fingerprint density at radius 3 is 2.18 bits per heavy atom. The maximum atomic E-state index is 11.2. The third kappa shape index (κ3) is 4.78. The van der Waals surface area contributed by atoms with E-state index >= 15 is 0 Å². The molecule has 21 atom stereocenters. The Labute approximate surface area is 294 Å². The van der Waals surface area contributed by atoms with Crippen molar-refractivity contribution in [2.24, 2.45) is 50.7 Å². The van der Waals surface area contributed by atoms with Crippen molar-refractivity contribution in [1.29, 1.82) is 0 Å². The van der Waals surface area contributed by atoms with Gasteiger partial charge in [0.1, 0.15) is 42.7 Å². The van der Waals surface area contributed by atoms with Crippen LogP contribution in [0.25, 0.3) is 0 Å². The Balaban J connectivity index is 1.16. The van der Waals surface area contributed by atoms with Crippen molar-refractivity contribution < 1.29 is 64.5 Å². The average Bonchev–Trinajstić information content (AvgIpc) is 3.64. The van der Waals surface area contributed by atoms with E-state index in [4.69, 9.17) is 23.7 Å². The molecule has 13 nitrogen and oxygen atoms in total. The first-order valence-corrected chi connectivity index (χ1v) is 19.1. The zero-order valence-electron chi connectivity index (χ0n) is 30.0. The van der Waals surface area contributed by atoms with Crippen molar-refractivity contribution in [3.63, 3.8) is 0 Å². The minimum atomic E-state index is -1.56. The molecule has 0 unspecified atom stereocenters. The Bertz CT molecular complexity index is 1300. The molecule has 8 fully saturated rings. The van der Waals surface area contributed by atoms with E-state index in [1.54, 1.807) is 0 Å². The second-order valence-electron chi connectivity index (χ2n) is 18.8. The summed E-state index contributed by atoms with van der Waals surface area (Å²) < 4.78 is 31.4. The van der Waals surface area contributed by atoms with Crippen molar-refractivity contribution in [3.05, 3.63) is 0 Å². The van der Waals surface area contributed by atoms with Gasteiger partial charge in [-0.3, -0.25) is 0 Å². The Morgan fingerprint density at radius 2 is 1.46 bits per heavy atom. The van der Waals surface area contributed by atoms with Gasteiger partial charge in [-0.25, -0.2) is 0 Å². The van der Waals surface area contributed by atoms with Gasteiger partial charge < -0.3 is 64.5 Å². The first-order valence-electron chi connectivity index (χ1n) is 19.1. The molecule has 13 heteroatoms. The van der Waals surface area contributed by atoms with Crippen molar-refractivity contribution >= 4 is 0 Å². The quantitative estimate of drug-likeness (QED) is 0.182. The lowest BCUT2D eigenvalue weighted by molar-refractivity contribution is -0.335. The summed E-state index contributed by atoms with van der Waals surface area (Å²) in [7, 11) is 0. The fraction of sp³-hybridized carbons (Fsp3) is 1.00. The molecule has 3 aliphatic heterocycles. The van der Waals surface area contributed by atoms with E-state index in [1.165, 1.54) is 0 Å². The molecule has 0 aromatic carbocycles. The van der Waals surface area contributed by atoms with Gasteiger partial charge in [-0.15, -0.1) is 0 Å². The van der Waals surface area contributed by atoms with Gasteiger partial charge in [0, 0.05) is 6.42 Å². The summed E-state index contributed by atoms with van der Waals surface area (Å²) >= 11 is 0. The summed E-state index contributed by atoms with van der Waals surface area (Å²) in [6, 6.07) is 0. The van der Waals surface area contributed by atoms with E-state index in [2.05, 4.69) is 34.6 Å². The normalized spacial score (nSPS) is 61.3. The fourth-order valence-corrected chi connectivity index (χ4v) is 14.0. The van der Waals surface area contributed by atoms with Crippen LogP contribution in [-0.4, -0.2) is 134 Å². The van der Waals surface area contributed by atoms with Gasteiger partial charge in [0.25, 0.3) is 0 Å². The fourth-order valence-electron chi connectivity index (χ4n) is 14.0. The monoisotopic (exact) mass is 712 g/mol. The van der Waals surface area contributed by atoms with E-state index in [0.717, 1.165) is 38.5 Å². The predicted molar refractivity (Wildman–Crippen MR) is 174 cm³/mol. The lowest BCUT2D eigenvalue weighted by atomic mass is 9.41. The van der Waals surface area contributed by atoms with Gasteiger partial charge in [0.15, 0.2) is 18.9 Å². The van der Waals surface area contributed by atoms with Crippen LogP contribution >= 0.6 is 0 Å². The molecule has 0 aromatic rings. The molecule has 50 heavy (non-hydrogen) atoms. The zero-order chi connectivity index (χ0) is 35.9. The van der Waals surface area contributed by atoms with E-state index in [-0.39, 0.29) is 64.1 Å². The predicted octanol–water partition coefficient (Wildman–Crippen LogP) is 0.398. The van der Waals surface area contributed by atoms with Crippen LogP contribution in [0.2, 0.25) is 0 Å². The minimum Gasteiger partial charge on any atom is -0.394 e. The molecule has 0 radical (unpaired) electrons. The van der Waals surface area contributed by atoms with Gasteiger partial charge in [0.05, 0.1) is 31.5 Å². The number of hydrogen-bond donors (Lipinski definition) is 8. The molecule has 0 amide bonds. The summed E-state index contributed by atoms with van der Waals surface area (Å²) in [5.74, 6) is 0.696. The third-order valence-electron chi connectivity index (χ3n) is 16.5. The molecule has 2 spiro atoms. The molecule has 8 rings (SSSR count). The molecule has 8 aliphatic rings. The van der Waals surface area contributed by atoms with Crippen LogP contribution in [0.4, 0.5) is 0 Å². The molecule has 5 aliphatic carbocycles. The van der Waals surface area contributed by atoms with Crippen molar-refractivity contribution in [2.45, 2.75) is 166 Å². The molecule has 0 bridgehead atoms. The second kappa shape index (κ2) is 12.0. The van der Waals surface area contributed by atoms with Crippen LogP contribution in [0.1, 0.15) is 86.0 Å². The Hall–Kier alpha value is -0.520. The topological polar surface area (TPSA) is 208 Å². The molecule has 286 valence electrons. The van der Waals surface area contributed by atoms with Crippen LogP contribution in [-0.2, 0) is 23.7 Å². The highest BCUT2D eigenvalue weighted by atomic mass is 16.7. The lowest BCUT2D eigenvalue weighted by Crippen LogP contribution is -2.65. The van der Waals surface area contributed by atoms with E-state index in [9.17, 15) is 40.9 Å². The highest BCUT2D eigenvalue weighted by Crippen LogP contribution is 2.89. The largest absolute Gasteiger partial charge is 0.394 e. The smallest absolute Gasteiger partial charge is 0.186 e. The Morgan fingerprint density at radius 1 is 0.740 bits per heavy atom. The molecule has 5 saturated carbocycles. The first-order chi connectivity index (χ1) is 23.5. The van der Waals surface area contributed by atoms with E-state index < -0.39 is 79.7 Å². The molecule has 3 heterocycles. The summed E-state index contributed by atoms with van der Waals surface area (Å²) in [5, 5.41) is 84.3. The third-order valence-corrected chi connectivity index (χ3v) is 16.5. The average molecular weight is 713 g/mol. The maximum Gasteiger partial charge on any atom is 0.186 e. The lowest BCUT2D eigenvalue weighted by Gasteiger charge is -2.65. The summed E-state index contributed by atoms with van der Waals surface area (Å²) in [6.07, 6.45) is -6.88. The highest BCUT2D eigenvalue weighted by Gasteiger charge is 2.85. The van der Waals surface area contributed by atoms with Crippen molar-refractivity contribution in [2.75, 3.05) is 13.2 Å². The zero-order valence-corrected chi connectivity index (χ0v) is 30.0. The number of aliphatic hydroxyl groups excluding tert-OH is 8. The molecular weight excluding hydrogens is 652 g/mol. The highest BCUT2D eigenvalue weighted by molar-refractivity contribution is 5.33. The molecule has 8 N–H and O–H groups in total. The van der Waals surface area contributed by atoms with Crippen molar-refractivity contribution in [1.82, 2.24) is 0 Å². The SMILES string of the molecule is C[C@@H]1C[C@@H](O)O[C@H]2C[C@@]3(C)[C@@H]4[C@@H](O[C@H]5O[C@@H](CO)[C@H](O)[C@@H](O)[C@@H]5O)C[C@@H]5C(C)(C)[C@@H](O[C@@H]6OC[C@@H](O)[C@H](O)[C@H]6O)CC[C@@]56C[C@@]46CC[C@]3(C)[C@@H]12. The van der Waals surface area contributed by atoms with Crippen LogP contribution in [0.5, 0.6) is 0 Å². The number of aliphatic hydroxyl groups is 8. The summed E-state index contributed by atoms with van der Waals surface area (Å²) in [4.78, 5) is 0. The summed E-state index contributed by atoms with van der Waals surface area (Å²) in [5.41, 5.74) is -0.859. The van der Waals surface area contributed by atoms with Gasteiger partial charge in [-0.2, -0.15) is 0 Å². The van der Waals surface area contributed by atoms with Gasteiger partial charge in [0.2, 0.25) is 0 Å². The van der Waals surface area contributed by atoms with Crippen molar-refractivity contribution in [3.8, 4) is 0 Å². The van der Waals surface area contributed by atoms with Crippen LogP contribution < -0.4 is 0 Å². The molecule has 0 aromatic heterocycles. The number of ether oxygens (including phenoxy) is 5. The van der Waals surface area contributed by atoms with E-state index in [0.29, 0.717) is 12.8 Å². The second-order valence-corrected chi connectivity index (χ2v) is 18.8. The van der Waals surface area contributed by atoms with Gasteiger partial charge >= 0.3 is 0 Å². The van der Waals surface area contributed by atoms with Crippen LogP contribution in [0, 0.1) is 50.7 Å². The molecular formula is C37H60O13. The minimum absolute atomic E-state index is 0.00209. The van der Waals surface area contributed by atoms with Gasteiger partial charge in [-0.05, 0) is 95.7 Å². The molecule has 3 saturated heterocycles. The van der Waals surface area contributed by atoms with Gasteiger partial charge in [-0.1, -0.05) is 34.6 Å². The van der Waals surface area contributed by atoms with Crippen LogP contribution in [0.15, 0.2) is 0 Å². The summed E-state index contributed by atoms with van der Waals surface area (Å²) in [6.45, 7) is 10.7. The standard InChI is InChI=1S/C37H60O13/c1-16-10-23(40)47-19-12-35(5)30-18(48-32-29(45)27(43)26(42)20(13-38)49-32)11-21-33(2,3)22(50-31-28(44)25(41)17(39)14-46-31)6-7-36(21)15-37(30,36)9-8-34(35,4)24(16)19/h16-32,38-45H,6-15H2,1-5H3/t16-,17-,18+,19+,20+,21-,22+,23+,24+,25+,26+,27-,28-,29+,30+,31+,32+,34-,35+,36-,37+/m1/s1. The number of rotatable bonds is 5. The maximum absolute atomic E-state index is 11.2. The Kier molecular flexibility index (Phi) is 8.74. The number of hydrogen-bond acceptors (Lipinski definition) is 13. The number of fused-ring (bicyclic) bond motifs is 4. The van der Waals surface area contributed by atoms with E-state index in [1.807, 2.05) is 0 Å². The van der Waals surface area contributed by atoms with Crippen LogP contribution in [0.3, 0.4) is 0 Å².